The van der Waals surface area contributed by atoms with Crippen molar-refractivity contribution < 1.29 is 14.6 Å². The largest absolute Gasteiger partial charge is 0.322 e. The molecule has 0 spiro atoms. The van der Waals surface area contributed by atoms with Gasteiger partial charge in [-0.2, -0.15) is 5.10 Å². The number of nitro groups is 2. The number of nitro benzene ring substituents is 1. The summed E-state index contributed by atoms with van der Waals surface area (Å²) in [7, 11) is 1.47. The lowest BCUT2D eigenvalue weighted by Gasteiger charge is -2.05. The molecule has 120 valence electrons. The monoisotopic (exact) mass is 319 g/mol. The molecule has 0 saturated carbocycles. The number of amides is 1. The summed E-state index contributed by atoms with van der Waals surface area (Å²) in [4.78, 5) is 33.1. The number of hydrogen-bond acceptors (Lipinski definition) is 6. The van der Waals surface area contributed by atoms with Crippen molar-refractivity contribution >= 4 is 23.0 Å². The van der Waals surface area contributed by atoms with Gasteiger partial charge in [-0.15, -0.1) is 0 Å². The molecule has 0 aliphatic rings. The standard InChI is InChI=1S/C13H13N5O5/c1-7-4-5-9(10(6-7)17(20)21)14-13(19)11-12(18(22)23)8(2)16(3)15-11/h4-6H,1-3H3,(H,14,19). The Hall–Kier alpha value is -3.30. The number of aryl methyl sites for hydroxylation is 2. The van der Waals surface area contributed by atoms with Gasteiger partial charge in [0.05, 0.1) is 9.85 Å². The van der Waals surface area contributed by atoms with Crippen LogP contribution in [0.1, 0.15) is 21.7 Å². The molecule has 23 heavy (non-hydrogen) atoms. The summed E-state index contributed by atoms with van der Waals surface area (Å²) in [6.45, 7) is 3.13. The van der Waals surface area contributed by atoms with Crippen molar-refractivity contribution in [3.8, 4) is 0 Å². The van der Waals surface area contributed by atoms with E-state index in [4.69, 9.17) is 0 Å². The maximum Gasteiger partial charge on any atom is 0.322 e. The molecule has 1 N–H and O–H groups in total. The van der Waals surface area contributed by atoms with Crippen LogP contribution in [0, 0.1) is 34.1 Å². The Morgan fingerprint density at radius 3 is 2.43 bits per heavy atom. The van der Waals surface area contributed by atoms with Crippen molar-refractivity contribution in [1.82, 2.24) is 9.78 Å². The molecule has 0 radical (unpaired) electrons. The molecular formula is C13H13N5O5. The fourth-order valence-electron chi connectivity index (χ4n) is 2.05. The molecule has 0 aliphatic carbocycles. The predicted molar refractivity (Wildman–Crippen MR) is 80.4 cm³/mol. The third-order valence-corrected chi connectivity index (χ3v) is 3.30. The van der Waals surface area contributed by atoms with Gasteiger partial charge in [0, 0.05) is 13.1 Å². The summed E-state index contributed by atoms with van der Waals surface area (Å²) in [6.07, 6.45) is 0. The Morgan fingerprint density at radius 1 is 1.22 bits per heavy atom. The molecule has 1 heterocycles. The second kappa shape index (κ2) is 5.83. The number of aromatic nitrogens is 2. The Kier molecular flexibility index (Phi) is 4.08. The Morgan fingerprint density at radius 2 is 1.87 bits per heavy atom. The number of nitrogens with one attached hydrogen (secondary N) is 1. The van der Waals surface area contributed by atoms with Crippen LogP contribution in [0.5, 0.6) is 0 Å². The zero-order chi connectivity index (χ0) is 17.3. The van der Waals surface area contributed by atoms with Gasteiger partial charge >= 0.3 is 5.69 Å². The molecule has 1 aromatic heterocycles. The lowest BCUT2D eigenvalue weighted by Crippen LogP contribution is -2.15. The molecule has 0 atom stereocenters. The first-order valence-corrected chi connectivity index (χ1v) is 6.46. The number of benzene rings is 1. The van der Waals surface area contributed by atoms with E-state index in [0.29, 0.717) is 5.56 Å². The van der Waals surface area contributed by atoms with Crippen LogP contribution in [-0.2, 0) is 7.05 Å². The van der Waals surface area contributed by atoms with Gasteiger partial charge in [0.1, 0.15) is 11.4 Å². The van der Waals surface area contributed by atoms with E-state index in [-0.39, 0.29) is 17.1 Å². The van der Waals surface area contributed by atoms with E-state index in [0.717, 1.165) is 0 Å². The molecule has 2 aromatic rings. The van der Waals surface area contributed by atoms with E-state index in [1.807, 2.05) is 0 Å². The van der Waals surface area contributed by atoms with E-state index in [1.54, 1.807) is 13.0 Å². The van der Waals surface area contributed by atoms with Crippen molar-refractivity contribution in [1.29, 1.82) is 0 Å². The average molecular weight is 319 g/mol. The molecule has 0 aliphatic heterocycles. The molecule has 1 amide bonds. The SMILES string of the molecule is Cc1ccc(NC(=O)c2nn(C)c(C)c2[N+](=O)[O-])c([N+](=O)[O-])c1. The third kappa shape index (κ3) is 3.00. The smallest absolute Gasteiger partial charge is 0.315 e. The summed E-state index contributed by atoms with van der Waals surface area (Å²) >= 11 is 0. The number of hydrogen-bond donors (Lipinski definition) is 1. The highest BCUT2D eigenvalue weighted by molar-refractivity contribution is 6.06. The molecule has 0 fully saturated rings. The fourth-order valence-corrected chi connectivity index (χ4v) is 2.05. The van der Waals surface area contributed by atoms with Crippen molar-refractivity contribution in [3.05, 3.63) is 55.4 Å². The Balaban J connectivity index is 2.43. The first-order chi connectivity index (χ1) is 10.7. The first-order valence-electron chi connectivity index (χ1n) is 6.46. The van der Waals surface area contributed by atoms with Crippen LogP contribution in [0.4, 0.5) is 17.1 Å². The third-order valence-electron chi connectivity index (χ3n) is 3.30. The molecule has 2 rings (SSSR count). The van der Waals surface area contributed by atoms with Gasteiger partial charge < -0.3 is 5.32 Å². The fraction of sp³-hybridized carbons (Fsp3) is 0.231. The Bertz CT molecular complexity index is 826. The first kappa shape index (κ1) is 16.1. The quantitative estimate of drug-likeness (QED) is 0.677. The van der Waals surface area contributed by atoms with E-state index in [1.165, 1.54) is 30.8 Å². The van der Waals surface area contributed by atoms with Gasteiger partial charge in [-0.05, 0) is 25.5 Å². The summed E-state index contributed by atoms with van der Waals surface area (Å²) in [5, 5.41) is 28.3. The van der Waals surface area contributed by atoms with Crippen LogP contribution in [0.15, 0.2) is 18.2 Å². The van der Waals surface area contributed by atoms with Crippen LogP contribution in [0.25, 0.3) is 0 Å². The van der Waals surface area contributed by atoms with Gasteiger partial charge in [-0.1, -0.05) is 6.07 Å². The van der Waals surface area contributed by atoms with Crippen LogP contribution in [-0.4, -0.2) is 25.5 Å². The maximum absolute atomic E-state index is 12.3. The van der Waals surface area contributed by atoms with Crippen molar-refractivity contribution in [3.63, 3.8) is 0 Å². The molecule has 10 heteroatoms. The molecule has 0 saturated heterocycles. The zero-order valence-electron chi connectivity index (χ0n) is 12.6. The van der Waals surface area contributed by atoms with Crippen LogP contribution in [0.3, 0.4) is 0 Å². The van der Waals surface area contributed by atoms with E-state index >= 15 is 0 Å². The molecule has 0 unspecified atom stereocenters. The number of carbonyl (C=O) groups excluding carboxylic acids is 1. The van der Waals surface area contributed by atoms with Gasteiger partial charge in [0.25, 0.3) is 11.6 Å². The average Bonchev–Trinajstić information content (AvgIpc) is 2.76. The summed E-state index contributed by atoms with van der Waals surface area (Å²) in [5.74, 6) is -0.882. The number of anilines is 1. The Labute approximate surface area is 130 Å². The number of rotatable bonds is 4. The van der Waals surface area contributed by atoms with E-state index < -0.39 is 27.1 Å². The van der Waals surface area contributed by atoms with E-state index in [9.17, 15) is 25.0 Å². The minimum absolute atomic E-state index is 0.0526. The lowest BCUT2D eigenvalue weighted by atomic mass is 10.2. The van der Waals surface area contributed by atoms with E-state index in [2.05, 4.69) is 10.4 Å². The van der Waals surface area contributed by atoms with Gasteiger partial charge in [-0.3, -0.25) is 29.7 Å². The van der Waals surface area contributed by atoms with Crippen molar-refractivity contribution in [2.24, 2.45) is 7.05 Å². The highest BCUT2D eigenvalue weighted by Gasteiger charge is 2.30. The maximum atomic E-state index is 12.3. The summed E-state index contributed by atoms with van der Waals surface area (Å²) in [6, 6.07) is 4.25. The van der Waals surface area contributed by atoms with Crippen LogP contribution < -0.4 is 5.32 Å². The van der Waals surface area contributed by atoms with Gasteiger partial charge in [-0.25, -0.2) is 0 Å². The lowest BCUT2D eigenvalue weighted by molar-refractivity contribution is -0.385. The summed E-state index contributed by atoms with van der Waals surface area (Å²) < 4.78 is 1.20. The minimum Gasteiger partial charge on any atom is -0.315 e. The minimum atomic E-state index is -0.882. The van der Waals surface area contributed by atoms with Gasteiger partial charge in [0.2, 0.25) is 5.69 Å². The van der Waals surface area contributed by atoms with Crippen LogP contribution >= 0.6 is 0 Å². The second-order valence-electron chi connectivity index (χ2n) is 4.90. The van der Waals surface area contributed by atoms with Crippen molar-refractivity contribution in [2.45, 2.75) is 13.8 Å². The highest BCUT2D eigenvalue weighted by Crippen LogP contribution is 2.28. The normalized spacial score (nSPS) is 10.4. The van der Waals surface area contributed by atoms with Crippen LogP contribution in [0.2, 0.25) is 0 Å². The second-order valence-corrected chi connectivity index (χ2v) is 4.90. The molecule has 0 bridgehead atoms. The molecule has 10 nitrogen and oxygen atoms in total. The van der Waals surface area contributed by atoms with Crippen molar-refractivity contribution in [2.75, 3.05) is 5.32 Å². The summed E-state index contributed by atoms with van der Waals surface area (Å²) in [5.41, 5.74) is -0.325. The number of carbonyl (C=O) groups is 1. The van der Waals surface area contributed by atoms with Gasteiger partial charge in [0.15, 0.2) is 0 Å². The molecule has 1 aromatic carbocycles. The highest BCUT2D eigenvalue weighted by atomic mass is 16.6. The topological polar surface area (TPSA) is 133 Å². The number of nitrogens with zero attached hydrogens (tertiary/aromatic N) is 4. The molecular weight excluding hydrogens is 306 g/mol. The zero-order valence-corrected chi connectivity index (χ0v) is 12.6. The predicted octanol–water partition coefficient (Wildman–Crippen LogP) is 2.11.